The minimum atomic E-state index is 0.531. The smallest absolute Gasteiger partial charge is 0.183 e. The van der Waals surface area contributed by atoms with Crippen molar-refractivity contribution in [2.24, 2.45) is 11.7 Å². The predicted octanol–water partition coefficient (Wildman–Crippen LogP) is 2.69. The lowest BCUT2D eigenvalue weighted by Crippen LogP contribution is -2.36. The van der Waals surface area contributed by atoms with Gasteiger partial charge in [0.15, 0.2) is 5.13 Å². The number of thiazole rings is 1. The fraction of sp³-hybridized carbons (Fsp3) is 0.750. The van der Waals surface area contributed by atoms with Crippen LogP contribution in [0.1, 0.15) is 36.3 Å². The molecule has 1 fully saturated rings. The van der Waals surface area contributed by atoms with Gasteiger partial charge in [-0.3, -0.25) is 0 Å². The third kappa shape index (κ3) is 2.55. The van der Waals surface area contributed by atoms with Gasteiger partial charge in [-0.2, -0.15) is 0 Å². The second kappa shape index (κ2) is 5.15. The molecule has 4 heteroatoms. The van der Waals surface area contributed by atoms with Gasteiger partial charge >= 0.3 is 0 Å². The zero-order valence-electron chi connectivity index (χ0n) is 10.1. The maximum absolute atomic E-state index is 5.83. The third-order valence-corrected chi connectivity index (χ3v) is 4.55. The summed E-state index contributed by atoms with van der Waals surface area (Å²) < 4.78 is 0. The highest BCUT2D eigenvalue weighted by molar-refractivity contribution is 7.15. The zero-order valence-corrected chi connectivity index (χ0v) is 10.9. The number of rotatable bonds is 3. The average Bonchev–Trinajstić information content (AvgIpc) is 2.59. The summed E-state index contributed by atoms with van der Waals surface area (Å²) in [5.74, 6) is 0.623. The minimum absolute atomic E-state index is 0.531. The normalized spacial score (nSPS) is 25.7. The summed E-state index contributed by atoms with van der Waals surface area (Å²) in [5, 5.41) is 4.64. The summed E-state index contributed by atoms with van der Waals surface area (Å²) in [6, 6.07) is 0.531. The van der Waals surface area contributed by atoms with Crippen molar-refractivity contribution in [3.8, 4) is 0 Å². The van der Waals surface area contributed by atoms with E-state index in [0.29, 0.717) is 12.0 Å². The van der Waals surface area contributed by atoms with E-state index in [9.17, 15) is 0 Å². The molecule has 1 aromatic rings. The lowest BCUT2D eigenvalue weighted by Gasteiger charge is -2.31. The SMILES string of the molecule is Cc1nc(NC2CCCCC2CN)sc1C. The number of nitrogens with one attached hydrogen (secondary N) is 1. The zero-order chi connectivity index (χ0) is 11.5. The van der Waals surface area contributed by atoms with Gasteiger partial charge in [0.05, 0.1) is 5.69 Å². The highest BCUT2D eigenvalue weighted by Crippen LogP contribution is 2.29. The second-order valence-corrected chi connectivity index (χ2v) is 5.89. The Kier molecular flexibility index (Phi) is 3.82. The summed E-state index contributed by atoms with van der Waals surface area (Å²) in [6.45, 7) is 4.98. The van der Waals surface area contributed by atoms with Crippen LogP contribution in [-0.4, -0.2) is 17.6 Å². The third-order valence-electron chi connectivity index (χ3n) is 3.55. The number of hydrogen-bond acceptors (Lipinski definition) is 4. The molecule has 3 nitrogen and oxygen atoms in total. The van der Waals surface area contributed by atoms with Crippen LogP contribution >= 0.6 is 11.3 Å². The Labute approximate surface area is 101 Å². The van der Waals surface area contributed by atoms with Crippen molar-refractivity contribution in [1.82, 2.24) is 4.98 Å². The maximum atomic E-state index is 5.83. The van der Waals surface area contributed by atoms with E-state index in [-0.39, 0.29) is 0 Å². The topological polar surface area (TPSA) is 50.9 Å². The molecule has 0 aliphatic heterocycles. The van der Waals surface area contributed by atoms with Crippen LogP contribution < -0.4 is 11.1 Å². The molecular weight excluding hydrogens is 218 g/mol. The number of aromatic nitrogens is 1. The van der Waals surface area contributed by atoms with Gasteiger partial charge in [-0.05, 0) is 39.2 Å². The largest absolute Gasteiger partial charge is 0.358 e. The van der Waals surface area contributed by atoms with Crippen molar-refractivity contribution in [3.05, 3.63) is 10.6 Å². The van der Waals surface area contributed by atoms with Gasteiger partial charge in [-0.25, -0.2) is 4.98 Å². The van der Waals surface area contributed by atoms with Gasteiger partial charge in [0.2, 0.25) is 0 Å². The summed E-state index contributed by atoms with van der Waals surface area (Å²) >= 11 is 1.76. The quantitative estimate of drug-likeness (QED) is 0.852. The van der Waals surface area contributed by atoms with Crippen molar-refractivity contribution in [2.45, 2.75) is 45.6 Å². The summed E-state index contributed by atoms with van der Waals surface area (Å²) in [5.41, 5.74) is 6.97. The molecule has 1 aliphatic rings. The lowest BCUT2D eigenvalue weighted by atomic mass is 9.85. The number of aryl methyl sites for hydroxylation is 2. The summed E-state index contributed by atoms with van der Waals surface area (Å²) in [6.07, 6.45) is 5.14. The van der Waals surface area contributed by atoms with E-state index >= 15 is 0 Å². The van der Waals surface area contributed by atoms with Crippen LogP contribution in [0, 0.1) is 19.8 Å². The van der Waals surface area contributed by atoms with Crippen LogP contribution in [0.25, 0.3) is 0 Å². The first-order chi connectivity index (χ1) is 7.70. The van der Waals surface area contributed by atoms with Crippen molar-refractivity contribution >= 4 is 16.5 Å². The summed E-state index contributed by atoms with van der Waals surface area (Å²) in [7, 11) is 0. The second-order valence-electron chi connectivity index (χ2n) is 4.69. The molecule has 90 valence electrons. The van der Waals surface area contributed by atoms with Crippen LogP contribution in [0.5, 0.6) is 0 Å². The van der Waals surface area contributed by atoms with Crippen LogP contribution in [0.2, 0.25) is 0 Å². The molecule has 1 heterocycles. The van der Waals surface area contributed by atoms with Crippen LogP contribution in [0.4, 0.5) is 5.13 Å². The van der Waals surface area contributed by atoms with Crippen LogP contribution in [0.15, 0.2) is 0 Å². The Bertz CT molecular complexity index is 329. The Morgan fingerprint density at radius 2 is 2.12 bits per heavy atom. The Hall–Kier alpha value is -0.610. The number of anilines is 1. The highest BCUT2D eigenvalue weighted by atomic mass is 32.1. The fourth-order valence-electron chi connectivity index (χ4n) is 2.37. The summed E-state index contributed by atoms with van der Waals surface area (Å²) in [4.78, 5) is 5.85. The monoisotopic (exact) mass is 239 g/mol. The van der Waals surface area contributed by atoms with Crippen LogP contribution in [-0.2, 0) is 0 Å². The van der Waals surface area contributed by atoms with Gasteiger partial charge < -0.3 is 11.1 Å². The van der Waals surface area contributed by atoms with E-state index in [0.717, 1.165) is 17.4 Å². The first-order valence-corrected chi connectivity index (χ1v) is 6.93. The lowest BCUT2D eigenvalue weighted by molar-refractivity contribution is 0.332. The van der Waals surface area contributed by atoms with Crippen molar-refractivity contribution in [1.29, 1.82) is 0 Å². The molecule has 0 amide bonds. The highest BCUT2D eigenvalue weighted by Gasteiger charge is 2.24. The fourth-order valence-corrected chi connectivity index (χ4v) is 3.25. The molecule has 0 aromatic carbocycles. The molecule has 0 bridgehead atoms. The minimum Gasteiger partial charge on any atom is -0.358 e. The molecular formula is C12H21N3S. The molecule has 0 spiro atoms. The molecule has 0 saturated heterocycles. The Balaban J connectivity index is 2.02. The first kappa shape index (κ1) is 11.9. The average molecular weight is 239 g/mol. The van der Waals surface area contributed by atoms with E-state index in [1.807, 2.05) is 0 Å². The van der Waals surface area contributed by atoms with E-state index in [1.54, 1.807) is 11.3 Å². The van der Waals surface area contributed by atoms with Gasteiger partial charge in [-0.1, -0.05) is 12.8 Å². The number of nitrogens with two attached hydrogens (primary N) is 1. The molecule has 1 aromatic heterocycles. The molecule has 16 heavy (non-hydrogen) atoms. The maximum Gasteiger partial charge on any atom is 0.183 e. The molecule has 1 saturated carbocycles. The number of hydrogen-bond donors (Lipinski definition) is 2. The van der Waals surface area contributed by atoms with Gasteiger partial charge in [0.25, 0.3) is 0 Å². The van der Waals surface area contributed by atoms with E-state index in [4.69, 9.17) is 5.73 Å². The van der Waals surface area contributed by atoms with Crippen molar-refractivity contribution in [3.63, 3.8) is 0 Å². The molecule has 2 rings (SSSR count). The molecule has 1 aliphatic carbocycles. The Morgan fingerprint density at radius 1 is 1.38 bits per heavy atom. The predicted molar refractivity (Wildman–Crippen MR) is 70.0 cm³/mol. The Morgan fingerprint density at radius 3 is 2.75 bits per heavy atom. The van der Waals surface area contributed by atoms with Gasteiger partial charge in [0.1, 0.15) is 0 Å². The first-order valence-electron chi connectivity index (χ1n) is 6.11. The number of nitrogens with zero attached hydrogens (tertiary/aromatic N) is 1. The van der Waals surface area contributed by atoms with E-state index < -0.39 is 0 Å². The molecule has 3 N–H and O–H groups in total. The van der Waals surface area contributed by atoms with E-state index in [2.05, 4.69) is 24.1 Å². The van der Waals surface area contributed by atoms with Gasteiger partial charge in [-0.15, -0.1) is 11.3 Å². The van der Waals surface area contributed by atoms with Crippen molar-refractivity contribution < 1.29 is 0 Å². The standard InChI is InChI=1S/C12H21N3S/c1-8-9(2)16-12(14-8)15-11-6-4-3-5-10(11)7-13/h10-11H,3-7,13H2,1-2H3,(H,14,15). The van der Waals surface area contributed by atoms with Crippen LogP contribution in [0.3, 0.4) is 0 Å². The van der Waals surface area contributed by atoms with Gasteiger partial charge in [0, 0.05) is 10.9 Å². The van der Waals surface area contributed by atoms with Crippen molar-refractivity contribution in [2.75, 3.05) is 11.9 Å². The van der Waals surface area contributed by atoms with E-state index in [1.165, 1.54) is 30.6 Å². The molecule has 2 atom stereocenters. The molecule has 2 unspecified atom stereocenters. The molecule has 0 radical (unpaired) electrons.